The van der Waals surface area contributed by atoms with Crippen LogP contribution in [0.5, 0.6) is 0 Å². The number of dihydropyridines is 1. The molecule has 0 saturated carbocycles. The Bertz CT molecular complexity index is 1310. The van der Waals surface area contributed by atoms with E-state index >= 15 is 0 Å². The Balaban J connectivity index is 1.56. The van der Waals surface area contributed by atoms with Crippen molar-refractivity contribution in [2.45, 2.75) is 79.1 Å². The number of rotatable bonds is 7. The van der Waals surface area contributed by atoms with Gasteiger partial charge in [0.2, 0.25) is 0 Å². The molecule has 0 spiro atoms. The van der Waals surface area contributed by atoms with Gasteiger partial charge in [-0.15, -0.1) is 0 Å². The molecule has 3 aliphatic rings. The number of carbonyl (C=O) groups is 3. The molecule has 204 valence electrons. The summed E-state index contributed by atoms with van der Waals surface area (Å²) in [5, 5.41) is 3.60. The van der Waals surface area contributed by atoms with E-state index in [0.717, 1.165) is 78.0 Å². The minimum atomic E-state index is -0.325. The Kier molecular flexibility index (Phi) is 7.13. The van der Waals surface area contributed by atoms with Crippen LogP contribution in [0.25, 0.3) is 0 Å². The first-order valence-electron chi connectivity index (χ1n) is 14.2. The number of hydrogen-bond donors (Lipinski definition) is 1. The molecule has 2 aromatic rings. The average Bonchev–Trinajstić information content (AvgIpc) is 2.87. The summed E-state index contributed by atoms with van der Waals surface area (Å²) in [6.45, 7) is 11.6. The molecule has 2 aliphatic carbocycles. The molecule has 0 aromatic heterocycles. The molecule has 5 nitrogen and oxygen atoms in total. The van der Waals surface area contributed by atoms with E-state index in [1.165, 1.54) is 0 Å². The highest BCUT2D eigenvalue weighted by atomic mass is 16.1. The molecule has 1 N–H and O–H groups in total. The molecular weight excluding hydrogens is 484 g/mol. The third kappa shape index (κ3) is 5.36. The molecule has 1 aliphatic heterocycles. The van der Waals surface area contributed by atoms with E-state index in [0.29, 0.717) is 18.4 Å². The van der Waals surface area contributed by atoms with Crippen molar-refractivity contribution in [3.8, 4) is 0 Å². The van der Waals surface area contributed by atoms with Gasteiger partial charge in [-0.1, -0.05) is 53.2 Å². The summed E-state index contributed by atoms with van der Waals surface area (Å²) in [7, 11) is 0. The predicted molar refractivity (Wildman–Crippen MR) is 156 cm³/mol. The molecule has 5 rings (SSSR count). The topological polar surface area (TPSA) is 66.5 Å². The molecule has 0 atom stereocenters. The first-order valence-corrected chi connectivity index (χ1v) is 14.2. The van der Waals surface area contributed by atoms with Crippen molar-refractivity contribution in [3.63, 3.8) is 0 Å². The summed E-state index contributed by atoms with van der Waals surface area (Å²) in [5.41, 5.74) is 7.07. The Hall–Kier alpha value is -3.47. The summed E-state index contributed by atoms with van der Waals surface area (Å²) in [4.78, 5) is 40.6. The smallest absolute Gasteiger partial charge is 0.162 e. The lowest BCUT2D eigenvalue weighted by atomic mass is 9.64. The largest absolute Gasteiger partial charge is 0.362 e. The standard InChI is InChI=1S/C34H40N2O3/c1-6-7-16-36(24-12-8-22(21-37)9-13-24)25-14-10-23(11-15-25)30-31-26(17-33(2,3)19-28(31)38)35-27-18-34(4,5)20-29(39)32(27)30/h8-15,21,30,35H,6-7,16-20H2,1-5H3. The summed E-state index contributed by atoms with van der Waals surface area (Å²) < 4.78 is 0. The van der Waals surface area contributed by atoms with Crippen LogP contribution in [0.3, 0.4) is 0 Å². The molecule has 0 saturated heterocycles. The van der Waals surface area contributed by atoms with Crippen molar-refractivity contribution < 1.29 is 14.4 Å². The lowest BCUT2D eigenvalue weighted by molar-refractivity contribution is -0.119. The van der Waals surface area contributed by atoms with E-state index < -0.39 is 0 Å². The zero-order chi connectivity index (χ0) is 27.9. The second-order valence-electron chi connectivity index (χ2n) is 13.0. The van der Waals surface area contributed by atoms with Crippen LogP contribution in [-0.2, 0) is 9.59 Å². The number of nitrogens with one attached hydrogen (secondary N) is 1. The number of hydrogen-bond acceptors (Lipinski definition) is 5. The fourth-order valence-electron chi connectivity index (χ4n) is 6.53. The average molecular weight is 525 g/mol. The summed E-state index contributed by atoms with van der Waals surface area (Å²) in [6.07, 6.45) is 5.55. The van der Waals surface area contributed by atoms with E-state index in [9.17, 15) is 14.4 Å². The summed E-state index contributed by atoms with van der Waals surface area (Å²) >= 11 is 0. The van der Waals surface area contributed by atoms with E-state index in [1.807, 2.05) is 24.3 Å². The molecule has 0 fully saturated rings. The maximum Gasteiger partial charge on any atom is 0.162 e. The van der Waals surface area contributed by atoms with Crippen LogP contribution in [0.2, 0.25) is 0 Å². The van der Waals surface area contributed by atoms with Gasteiger partial charge in [0.05, 0.1) is 0 Å². The number of unbranched alkanes of at least 4 members (excludes halogenated alkanes) is 1. The molecule has 5 heteroatoms. The van der Waals surface area contributed by atoms with Gasteiger partial charge >= 0.3 is 0 Å². The number of allylic oxidation sites excluding steroid dienone is 4. The van der Waals surface area contributed by atoms with Crippen molar-refractivity contribution in [2.75, 3.05) is 11.4 Å². The van der Waals surface area contributed by atoms with E-state index in [4.69, 9.17) is 0 Å². The third-order valence-electron chi connectivity index (χ3n) is 8.33. The fraction of sp³-hybridized carbons (Fsp3) is 0.441. The molecule has 0 radical (unpaired) electrons. The first-order chi connectivity index (χ1) is 18.5. The molecular formula is C34H40N2O3. The highest BCUT2D eigenvalue weighted by Crippen LogP contribution is 2.51. The van der Waals surface area contributed by atoms with Gasteiger partial charge < -0.3 is 10.2 Å². The van der Waals surface area contributed by atoms with E-state index in [1.54, 1.807) is 0 Å². The van der Waals surface area contributed by atoms with Crippen molar-refractivity contribution in [1.29, 1.82) is 0 Å². The Morgan fingerprint density at radius 1 is 0.795 bits per heavy atom. The van der Waals surface area contributed by atoms with Gasteiger partial charge in [-0.2, -0.15) is 0 Å². The maximum atomic E-state index is 13.6. The second kappa shape index (κ2) is 10.3. The van der Waals surface area contributed by atoms with E-state index in [2.05, 4.69) is 69.1 Å². The molecule has 39 heavy (non-hydrogen) atoms. The Morgan fingerprint density at radius 3 is 1.74 bits per heavy atom. The van der Waals surface area contributed by atoms with Gasteiger partial charge in [0.1, 0.15) is 6.29 Å². The first kappa shape index (κ1) is 27.1. The predicted octanol–water partition coefficient (Wildman–Crippen LogP) is 7.41. The van der Waals surface area contributed by atoms with Crippen LogP contribution >= 0.6 is 0 Å². The SMILES string of the molecule is CCCCN(c1ccc(C=O)cc1)c1ccc(C2C3=C(CC(C)(C)CC3=O)NC3=C2C(=O)CC(C)(C)C3)cc1. The lowest BCUT2D eigenvalue weighted by Gasteiger charge is -2.44. The van der Waals surface area contributed by atoms with Crippen molar-refractivity contribution in [2.24, 2.45) is 10.8 Å². The van der Waals surface area contributed by atoms with Crippen molar-refractivity contribution >= 4 is 29.2 Å². The molecule has 2 aromatic carbocycles. The monoisotopic (exact) mass is 524 g/mol. The van der Waals surface area contributed by atoms with Crippen LogP contribution in [0.15, 0.2) is 71.1 Å². The Labute approximate surface area is 232 Å². The van der Waals surface area contributed by atoms with Crippen LogP contribution < -0.4 is 10.2 Å². The summed E-state index contributed by atoms with van der Waals surface area (Å²) in [5.74, 6) is -0.0350. The maximum absolute atomic E-state index is 13.6. The quantitative estimate of drug-likeness (QED) is 0.382. The number of Topliss-reactive ketones (excluding diaryl/α,β-unsaturated/α-hetero) is 2. The molecule has 0 amide bonds. The molecule has 1 heterocycles. The lowest BCUT2D eigenvalue weighted by Crippen LogP contribution is -2.42. The minimum Gasteiger partial charge on any atom is -0.362 e. The zero-order valence-corrected chi connectivity index (χ0v) is 23.9. The van der Waals surface area contributed by atoms with Gasteiger partial charge in [0.15, 0.2) is 11.6 Å². The molecule has 0 bridgehead atoms. The molecule has 0 unspecified atom stereocenters. The van der Waals surface area contributed by atoms with Crippen LogP contribution in [0.4, 0.5) is 11.4 Å². The number of anilines is 2. The van der Waals surface area contributed by atoms with Gasteiger partial charge in [-0.25, -0.2) is 0 Å². The number of nitrogens with zero attached hydrogens (tertiary/aromatic N) is 1. The van der Waals surface area contributed by atoms with Gasteiger partial charge in [0, 0.05) is 64.8 Å². The Morgan fingerprint density at radius 2 is 1.28 bits per heavy atom. The number of ketones is 2. The van der Waals surface area contributed by atoms with Crippen LogP contribution in [0, 0.1) is 10.8 Å². The number of benzene rings is 2. The highest BCUT2D eigenvalue weighted by Gasteiger charge is 2.46. The van der Waals surface area contributed by atoms with Gasteiger partial charge in [-0.05, 0) is 72.1 Å². The summed E-state index contributed by atoms with van der Waals surface area (Å²) in [6, 6.07) is 16.1. The minimum absolute atomic E-state index is 0.108. The highest BCUT2D eigenvalue weighted by molar-refractivity contribution is 6.06. The fourth-order valence-corrected chi connectivity index (χ4v) is 6.53. The zero-order valence-electron chi connectivity index (χ0n) is 23.9. The van der Waals surface area contributed by atoms with Crippen LogP contribution in [0.1, 0.15) is 95.0 Å². The third-order valence-corrected chi connectivity index (χ3v) is 8.33. The number of aldehydes is 1. The normalized spacial score (nSPS) is 20.3. The second-order valence-corrected chi connectivity index (χ2v) is 13.0. The van der Waals surface area contributed by atoms with E-state index in [-0.39, 0.29) is 28.3 Å². The van der Waals surface area contributed by atoms with Crippen molar-refractivity contribution in [3.05, 3.63) is 82.2 Å². The van der Waals surface area contributed by atoms with Crippen LogP contribution in [-0.4, -0.2) is 24.4 Å². The van der Waals surface area contributed by atoms with Gasteiger partial charge in [0.25, 0.3) is 0 Å². The van der Waals surface area contributed by atoms with Crippen molar-refractivity contribution in [1.82, 2.24) is 5.32 Å². The van der Waals surface area contributed by atoms with Gasteiger partial charge in [-0.3, -0.25) is 14.4 Å². The number of carbonyl (C=O) groups excluding carboxylic acids is 3.